The topological polar surface area (TPSA) is 49.3 Å². The lowest BCUT2D eigenvalue weighted by Gasteiger charge is -2.08. The number of hydrogen-bond donors (Lipinski definition) is 2. The average Bonchev–Trinajstić information content (AvgIpc) is 2.32. The number of rotatable bonds is 2. The van der Waals surface area contributed by atoms with E-state index in [9.17, 15) is 14.3 Å². The maximum Gasteiger partial charge on any atom is 0.258 e. The minimum atomic E-state index is -0.630. The monoisotopic (exact) mass is 279 g/mol. The van der Waals surface area contributed by atoms with Gasteiger partial charge in [-0.05, 0) is 36.8 Å². The fraction of sp³-hybridized carbons (Fsp3) is 0.0714. The molecule has 0 fully saturated rings. The summed E-state index contributed by atoms with van der Waals surface area (Å²) in [5, 5.41) is 12.4. The van der Waals surface area contributed by atoms with Crippen molar-refractivity contribution in [2.45, 2.75) is 6.92 Å². The molecule has 0 aliphatic rings. The number of aryl methyl sites for hydroxylation is 1. The maximum absolute atomic E-state index is 13.6. The van der Waals surface area contributed by atoms with Crippen LogP contribution < -0.4 is 5.32 Å². The first-order valence-electron chi connectivity index (χ1n) is 5.53. The summed E-state index contributed by atoms with van der Waals surface area (Å²) in [4.78, 5) is 11.9. The van der Waals surface area contributed by atoms with Crippen LogP contribution in [0.2, 0.25) is 5.02 Å². The van der Waals surface area contributed by atoms with E-state index >= 15 is 0 Å². The van der Waals surface area contributed by atoms with Gasteiger partial charge in [-0.1, -0.05) is 17.7 Å². The number of amides is 1. The Balaban J connectivity index is 2.25. The van der Waals surface area contributed by atoms with Crippen LogP contribution in [0.4, 0.5) is 10.1 Å². The van der Waals surface area contributed by atoms with Crippen molar-refractivity contribution < 1.29 is 14.3 Å². The third-order valence-corrected chi connectivity index (χ3v) is 2.81. The first kappa shape index (κ1) is 13.4. The van der Waals surface area contributed by atoms with Crippen molar-refractivity contribution in [3.63, 3.8) is 0 Å². The normalized spacial score (nSPS) is 10.3. The lowest BCUT2D eigenvalue weighted by Crippen LogP contribution is -2.13. The van der Waals surface area contributed by atoms with Gasteiger partial charge in [-0.2, -0.15) is 0 Å². The van der Waals surface area contributed by atoms with Crippen molar-refractivity contribution >= 4 is 23.2 Å². The van der Waals surface area contributed by atoms with E-state index < -0.39 is 11.7 Å². The Bertz CT molecular complexity index is 643. The molecule has 2 rings (SSSR count). The smallest absolute Gasteiger partial charge is 0.258 e. The molecule has 0 bridgehead atoms. The summed E-state index contributed by atoms with van der Waals surface area (Å²) >= 11 is 5.68. The van der Waals surface area contributed by atoms with E-state index in [1.54, 1.807) is 13.0 Å². The molecule has 0 radical (unpaired) electrons. The van der Waals surface area contributed by atoms with E-state index in [1.165, 1.54) is 30.3 Å². The standard InChI is InChI=1S/C14H11ClFNO2/c1-8-2-4-10(11(16)6-8)14(19)17-12-5-3-9(15)7-13(12)18/h2-7,18H,1H3,(H,17,19). The van der Waals surface area contributed by atoms with Crippen LogP contribution in [0.5, 0.6) is 5.75 Å². The lowest BCUT2D eigenvalue weighted by atomic mass is 10.1. The van der Waals surface area contributed by atoms with E-state index in [0.29, 0.717) is 5.02 Å². The number of halogens is 2. The molecule has 2 N–H and O–H groups in total. The number of anilines is 1. The summed E-state index contributed by atoms with van der Waals surface area (Å²) in [5.41, 5.74) is 0.817. The van der Waals surface area contributed by atoms with Gasteiger partial charge >= 0.3 is 0 Å². The summed E-state index contributed by atoms with van der Waals surface area (Å²) in [6.45, 7) is 1.73. The van der Waals surface area contributed by atoms with Crippen LogP contribution in [0.3, 0.4) is 0 Å². The third kappa shape index (κ3) is 3.03. The maximum atomic E-state index is 13.6. The van der Waals surface area contributed by atoms with Crippen molar-refractivity contribution in [1.82, 2.24) is 0 Å². The highest BCUT2D eigenvalue weighted by atomic mass is 35.5. The summed E-state index contributed by atoms with van der Waals surface area (Å²) in [5.74, 6) is -1.41. The molecule has 2 aromatic rings. The SMILES string of the molecule is Cc1ccc(C(=O)Nc2ccc(Cl)cc2O)c(F)c1. The Morgan fingerprint density at radius 2 is 2.00 bits per heavy atom. The van der Waals surface area contributed by atoms with Crippen LogP contribution in [0.25, 0.3) is 0 Å². The lowest BCUT2D eigenvalue weighted by molar-refractivity contribution is 0.102. The minimum Gasteiger partial charge on any atom is -0.506 e. The Morgan fingerprint density at radius 3 is 2.63 bits per heavy atom. The fourth-order valence-corrected chi connectivity index (χ4v) is 1.77. The first-order valence-corrected chi connectivity index (χ1v) is 5.91. The Kier molecular flexibility index (Phi) is 3.71. The molecular formula is C14H11ClFNO2. The molecule has 0 aromatic heterocycles. The highest BCUT2D eigenvalue weighted by Crippen LogP contribution is 2.27. The number of carbonyl (C=O) groups is 1. The second kappa shape index (κ2) is 5.28. The molecule has 3 nitrogen and oxygen atoms in total. The second-order valence-corrected chi connectivity index (χ2v) is 4.54. The van der Waals surface area contributed by atoms with E-state index in [4.69, 9.17) is 11.6 Å². The number of benzene rings is 2. The van der Waals surface area contributed by atoms with Gasteiger partial charge < -0.3 is 10.4 Å². The van der Waals surface area contributed by atoms with Crippen molar-refractivity contribution in [2.75, 3.05) is 5.32 Å². The number of carbonyl (C=O) groups excluding carboxylic acids is 1. The second-order valence-electron chi connectivity index (χ2n) is 4.10. The zero-order chi connectivity index (χ0) is 14.0. The largest absolute Gasteiger partial charge is 0.506 e. The predicted octanol–water partition coefficient (Wildman–Crippen LogP) is 3.75. The van der Waals surface area contributed by atoms with Crippen molar-refractivity contribution in [2.24, 2.45) is 0 Å². The molecule has 0 unspecified atom stereocenters. The van der Waals surface area contributed by atoms with Crippen molar-refractivity contribution in [1.29, 1.82) is 0 Å². The molecule has 0 aliphatic heterocycles. The molecule has 98 valence electrons. The minimum absolute atomic E-state index is 0.0834. The van der Waals surface area contributed by atoms with Gasteiger partial charge in [0.05, 0.1) is 11.3 Å². The molecule has 0 aliphatic carbocycles. The Hall–Kier alpha value is -2.07. The van der Waals surface area contributed by atoms with Crippen LogP contribution in [-0.4, -0.2) is 11.0 Å². The van der Waals surface area contributed by atoms with Gasteiger partial charge in [-0.15, -0.1) is 0 Å². The van der Waals surface area contributed by atoms with E-state index in [-0.39, 0.29) is 17.0 Å². The molecule has 0 spiro atoms. The number of hydrogen-bond acceptors (Lipinski definition) is 2. The quantitative estimate of drug-likeness (QED) is 0.823. The van der Waals surface area contributed by atoms with Gasteiger partial charge in [0.1, 0.15) is 11.6 Å². The molecule has 19 heavy (non-hydrogen) atoms. The molecule has 1 amide bonds. The summed E-state index contributed by atoms with van der Waals surface area (Å²) in [6, 6.07) is 8.57. The van der Waals surface area contributed by atoms with E-state index in [1.807, 2.05) is 0 Å². The van der Waals surface area contributed by atoms with Crippen LogP contribution in [-0.2, 0) is 0 Å². The fourth-order valence-electron chi connectivity index (χ4n) is 1.60. The molecule has 0 atom stereocenters. The predicted molar refractivity (Wildman–Crippen MR) is 72.2 cm³/mol. The Labute approximate surface area is 114 Å². The summed E-state index contributed by atoms with van der Waals surface area (Å²) < 4.78 is 13.6. The molecular weight excluding hydrogens is 269 g/mol. The highest BCUT2D eigenvalue weighted by Gasteiger charge is 2.13. The molecule has 0 heterocycles. The van der Waals surface area contributed by atoms with Gasteiger partial charge in [-0.3, -0.25) is 4.79 Å². The Morgan fingerprint density at radius 1 is 1.26 bits per heavy atom. The van der Waals surface area contributed by atoms with Gasteiger partial charge in [0, 0.05) is 11.1 Å². The molecule has 0 saturated heterocycles. The number of nitrogens with one attached hydrogen (secondary N) is 1. The van der Waals surface area contributed by atoms with E-state index in [2.05, 4.69) is 5.32 Å². The van der Waals surface area contributed by atoms with Gasteiger partial charge in [0.2, 0.25) is 0 Å². The van der Waals surface area contributed by atoms with Gasteiger partial charge in [0.25, 0.3) is 5.91 Å². The average molecular weight is 280 g/mol. The van der Waals surface area contributed by atoms with Crippen LogP contribution in [0, 0.1) is 12.7 Å². The first-order chi connectivity index (χ1) is 8.97. The highest BCUT2D eigenvalue weighted by molar-refractivity contribution is 6.30. The van der Waals surface area contributed by atoms with E-state index in [0.717, 1.165) is 5.56 Å². The van der Waals surface area contributed by atoms with Gasteiger partial charge in [-0.25, -0.2) is 4.39 Å². The molecule has 0 saturated carbocycles. The number of aromatic hydroxyl groups is 1. The number of phenols is 1. The van der Waals surface area contributed by atoms with Gasteiger partial charge in [0.15, 0.2) is 0 Å². The van der Waals surface area contributed by atoms with Crippen molar-refractivity contribution in [3.8, 4) is 5.75 Å². The third-order valence-electron chi connectivity index (χ3n) is 2.58. The van der Waals surface area contributed by atoms with Crippen LogP contribution in [0.1, 0.15) is 15.9 Å². The number of phenolic OH excluding ortho intramolecular Hbond substituents is 1. The van der Waals surface area contributed by atoms with Crippen LogP contribution in [0.15, 0.2) is 36.4 Å². The van der Waals surface area contributed by atoms with Crippen molar-refractivity contribution in [3.05, 3.63) is 58.4 Å². The molecule has 5 heteroatoms. The zero-order valence-corrected chi connectivity index (χ0v) is 10.8. The van der Waals surface area contributed by atoms with Crippen LogP contribution >= 0.6 is 11.6 Å². The summed E-state index contributed by atoms with van der Waals surface area (Å²) in [7, 11) is 0. The summed E-state index contributed by atoms with van der Waals surface area (Å²) in [6.07, 6.45) is 0. The zero-order valence-electron chi connectivity index (χ0n) is 10.1. The molecule has 2 aromatic carbocycles.